The average molecular weight is 899 g/mol. The van der Waals surface area contributed by atoms with Crippen molar-refractivity contribution in [2.24, 2.45) is 0 Å². The van der Waals surface area contributed by atoms with Gasteiger partial charge in [0.1, 0.15) is 11.2 Å². The highest BCUT2D eigenvalue weighted by atomic mass is 32.1. The Hall–Kier alpha value is -8.71. The topological polar surface area (TPSA) is 56.7 Å². The van der Waals surface area contributed by atoms with Gasteiger partial charge in [-0.3, -0.25) is 0 Å². The van der Waals surface area contributed by atoms with Crippen molar-refractivity contribution in [3.05, 3.63) is 211 Å². The summed E-state index contributed by atoms with van der Waals surface area (Å²) in [5, 5.41) is 11.9. The maximum atomic E-state index is 6.81. The zero-order valence-electron chi connectivity index (χ0n) is 37.1. The zero-order chi connectivity index (χ0) is 45.2. The fraction of sp³-hybridized carbons (Fsp3) is 0.0317. The van der Waals surface area contributed by atoms with Crippen LogP contribution in [0.1, 0.15) is 17.5 Å². The Morgan fingerprint density at radius 3 is 2.10 bits per heavy atom. The van der Waals surface area contributed by atoms with Crippen LogP contribution in [-0.4, -0.2) is 19.5 Å². The highest BCUT2D eigenvalue weighted by molar-refractivity contribution is 7.25. The van der Waals surface area contributed by atoms with Gasteiger partial charge < -0.3 is 8.98 Å². The summed E-state index contributed by atoms with van der Waals surface area (Å²) in [6, 6.07) is 69.6. The van der Waals surface area contributed by atoms with Crippen LogP contribution in [0, 0.1) is 0 Å². The van der Waals surface area contributed by atoms with Crippen LogP contribution in [-0.2, 0) is 6.42 Å². The van der Waals surface area contributed by atoms with E-state index < -0.39 is 0 Å². The van der Waals surface area contributed by atoms with Gasteiger partial charge in [-0.2, -0.15) is 0 Å². The van der Waals surface area contributed by atoms with E-state index in [0.29, 0.717) is 17.5 Å². The van der Waals surface area contributed by atoms with Crippen LogP contribution in [0.5, 0.6) is 0 Å². The van der Waals surface area contributed by atoms with Crippen molar-refractivity contribution in [3.8, 4) is 51.0 Å². The second-order valence-corrected chi connectivity index (χ2v) is 19.3. The van der Waals surface area contributed by atoms with Crippen LogP contribution in [0.15, 0.2) is 205 Å². The third-order valence-electron chi connectivity index (χ3n) is 14.3. The Balaban J connectivity index is 0.917. The molecule has 0 atom stereocenters. The van der Waals surface area contributed by atoms with E-state index in [4.69, 9.17) is 19.4 Å². The summed E-state index contributed by atoms with van der Waals surface area (Å²) in [7, 11) is 0. The Morgan fingerprint density at radius 2 is 1.19 bits per heavy atom. The summed E-state index contributed by atoms with van der Waals surface area (Å²) in [6.45, 7) is 0. The van der Waals surface area contributed by atoms with Gasteiger partial charge in [0.25, 0.3) is 0 Å². The summed E-state index contributed by atoms with van der Waals surface area (Å²) >= 11 is 1.79. The third kappa shape index (κ3) is 5.99. The van der Waals surface area contributed by atoms with Crippen molar-refractivity contribution in [1.82, 2.24) is 19.5 Å². The summed E-state index contributed by atoms with van der Waals surface area (Å²) in [5.41, 5.74) is 12.9. The number of benzene rings is 10. The highest BCUT2D eigenvalue weighted by Crippen LogP contribution is 2.44. The number of aryl methyl sites for hydroxylation is 1. The van der Waals surface area contributed by atoms with E-state index in [0.717, 1.165) is 84.4 Å². The molecule has 0 unspecified atom stereocenters. The Kier molecular flexibility index (Phi) is 8.29. The summed E-state index contributed by atoms with van der Waals surface area (Å²) in [4.78, 5) is 15.8. The lowest BCUT2D eigenvalue weighted by atomic mass is 9.93. The van der Waals surface area contributed by atoms with E-state index in [2.05, 4.69) is 205 Å². The second kappa shape index (κ2) is 14.9. The number of nitrogens with zero attached hydrogens (tertiary/aromatic N) is 4. The van der Waals surface area contributed by atoms with Crippen LogP contribution in [0.4, 0.5) is 0 Å². The molecule has 69 heavy (non-hydrogen) atoms. The molecule has 322 valence electrons. The number of fused-ring (bicyclic) bond motifs is 14. The fourth-order valence-corrected chi connectivity index (χ4v) is 12.2. The minimum absolute atomic E-state index is 0.585. The standard InChI is InChI=1S/C63H38N4OS/c1-2-12-37(13-3-1)40-17-10-18-43(32-40)61-64-62(66-63(65-61)49-21-11-23-57-60(49)48-20-8-9-22-56(48)69-57)44-25-29-47-55(35-44)68-54-31-27-39-24-28-45(36-50(39)59(47)54)67-52-30-26-38-14-6-7-19-46(38)58(52)51-33-41-15-4-5-16-42(41)34-53(51)67/h1-5,7-13,15-36H,6,14H2. The molecule has 1 aliphatic rings. The van der Waals surface area contributed by atoms with Crippen molar-refractivity contribution >= 4 is 103 Å². The van der Waals surface area contributed by atoms with Crippen LogP contribution in [0.2, 0.25) is 0 Å². The number of allylic oxidation sites excluding steroid dienone is 1. The molecule has 0 saturated heterocycles. The lowest BCUT2D eigenvalue weighted by Crippen LogP contribution is -2.00. The molecule has 14 aromatic rings. The summed E-state index contributed by atoms with van der Waals surface area (Å²) in [6.07, 6.45) is 6.80. The van der Waals surface area contributed by atoms with Gasteiger partial charge in [-0.25, -0.2) is 15.0 Å². The van der Waals surface area contributed by atoms with Crippen LogP contribution in [0.25, 0.3) is 143 Å². The van der Waals surface area contributed by atoms with Gasteiger partial charge in [0, 0.05) is 64.1 Å². The number of hydrogen-bond acceptors (Lipinski definition) is 5. The molecule has 1 aliphatic carbocycles. The molecule has 0 fully saturated rings. The quantitative estimate of drug-likeness (QED) is 0.173. The molecule has 15 rings (SSSR count). The SMILES string of the molecule is C1=Cc2c(ccc3c2c2cc4ccccc4cc2n3-c2ccc3ccc4oc5cc(-c6nc(-c7cccc(-c8ccccc8)c7)nc(-c7cccc8sc9ccccc9c78)n6)ccc5c4c3c2)CC1. The minimum Gasteiger partial charge on any atom is -0.456 e. The monoisotopic (exact) mass is 898 g/mol. The van der Waals surface area contributed by atoms with E-state index in [1.807, 2.05) is 6.07 Å². The molecule has 10 aromatic carbocycles. The predicted molar refractivity (Wildman–Crippen MR) is 288 cm³/mol. The molecule has 0 N–H and O–H groups in total. The Labute approximate surface area is 399 Å². The molecule has 6 heteroatoms. The largest absolute Gasteiger partial charge is 0.456 e. The van der Waals surface area contributed by atoms with E-state index in [-0.39, 0.29) is 0 Å². The van der Waals surface area contributed by atoms with E-state index >= 15 is 0 Å². The smallest absolute Gasteiger partial charge is 0.164 e. The summed E-state index contributed by atoms with van der Waals surface area (Å²) in [5.74, 6) is 1.83. The summed E-state index contributed by atoms with van der Waals surface area (Å²) < 4.78 is 11.7. The maximum absolute atomic E-state index is 6.81. The second-order valence-electron chi connectivity index (χ2n) is 18.2. The van der Waals surface area contributed by atoms with Gasteiger partial charge in [-0.1, -0.05) is 140 Å². The molecule has 0 spiro atoms. The fourth-order valence-electron chi connectivity index (χ4n) is 11.0. The first kappa shape index (κ1) is 38.4. The molecule has 0 amide bonds. The first-order valence-electron chi connectivity index (χ1n) is 23.5. The van der Waals surface area contributed by atoms with Crippen molar-refractivity contribution in [2.45, 2.75) is 12.8 Å². The van der Waals surface area contributed by atoms with Crippen molar-refractivity contribution in [1.29, 1.82) is 0 Å². The number of hydrogen-bond donors (Lipinski definition) is 0. The Morgan fingerprint density at radius 1 is 0.435 bits per heavy atom. The predicted octanol–water partition coefficient (Wildman–Crippen LogP) is 17.2. The molecule has 0 aliphatic heterocycles. The van der Waals surface area contributed by atoms with E-state index in [9.17, 15) is 0 Å². The van der Waals surface area contributed by atoms with Gasteiger partial charge in [-0.05, 0) is 123 Å². The van der Waals surface area contributed by atoms with Crippen molar-refractivity contribution in [2.75, 3.05) is 0 Å². The highest BCUT2D eigenvalue weighted by Gasteiger charge is 2.22. The van der Waals surface area contributed by atoms with Crippen LogP contribution >= 0.6 is 11.3 Å². The molecule has 0 bridgehead atoms. The van der Waals surface area contributed by atoms with E-state index in [1.165, 1.54) is 58.5 Å². The Bertz CT molecular complexity index is 4500. The van der Waals surface area contributed by atoms with Gasteiger partial charge >= 0.3 is 0 Å². The molecule has 0 saturated carbocycles. The first-order chi connectivity index (χ1) is 34.2. The third-order valence-corrected chi connectivity index (χ3v) is 15.4. The molecule has 4 heterocycles. The van der Waals surface area contributed by atoms with Gasteiger partial charge in [-0.15, -0.1) is 11.3 Å². The molecule has 0 radical (unpaired) electrons. The van der Waals surface area contributed by atoms with E-state index in [1.54, 1.807) is 11.3 Å². The van der Waals surface area contributed by atoms with Crippen LogP contribution in [0.3, 0.4) is 0 Å². The van der Waals surface area contributed by atoms with Crippen molar-refractivity contribution < 1.29 is 4.42 Å². The number of aromatic nitrogens is 4. The van der Waals surface area contributed by atoms with Gasteiger partial charge in [0.05, 0.1) is 11.0 Å². The van der Waals surface area contributed by atoms with Crippen molar-refractivity contribution in [3.63, 3.8) is 0 Å². The molecular weight excluding hydrogens is 861 g/mol. The average Bonchev–Trinajstić information content (AvgIpc) is 4.09. The number of furan rings is 1. The number of thiophene rings is 1. The number of rotatable bonds is 5. The maximum Gasteiger partial charge on any atom is 0.164 e. The van der Waals surface area contributed by atoms with Gasteiger partial charge in [0.15, 0.2) is 17.5 Å². The first-order valence-corrected chi connectivity index (χ1v) is 24.4. The molecular formula is C63H38N4OS. The molecule has 4 aromatic heterocycles. The minimum atomic E-state index is 0.585. The van der Waals surface area contributed by atoms with Crippen LogP contribution < -0.4 is 0 Å². The molecule has 5 nitrogen and oxygen atoms in total. The zero-order valence-corrected chi connectivity index (χ0v) is 38.0. The lowest BCUT2D eigenvalue weighted by molar-refractivity contribution is 0.669. The van der Waals surface area contributed by atoms with Gasteiger partial charge in [0.2, 0.25) is 0 Å². The normalized spacial score (nSPS) is 12.8. The lowest BCUT2D eigenvalue weighted by Gasteiger charge is -2.13.